The zero-order valence-electron chi connectivity index (χ0n) is 14.5. The Balaban J connectivity index is 1.62. The molecule has 1 amide bonds. The normalized spacial score (nSPS) is 20.3. The lowest BCUT2D eigenvalue weighted by Gasteiger charge is -2.28. The average Bonchev–Trinajstić information content (AvgIpc) is 3.12. The standard InChI is InChI=1S/C17H25N3O3S2/c1-13-6-10-20(11-7-13)25(22,23)16-3-2-15(24-16)17(21)19-12-14-4-8-18-9-5-14/h2-4,13,18H,5-12H2,1H3,(H,19,21). The van der Waals surface area contributed by atoms with Crippen LogP contribution in [0, 0.1) is 5.92 Å². The summed E-state index contributed by atoms with van der Waals surface area (Å²) >= 11 is 1.06. The van der Waals surface area contributed by atoms with E-state index >= 15 is 0 Å². The van der Waals surface area contributed by atoms with Crippen molar-refractivity contribution >= 4 is 27.3 Å². The number of carbonyl (C=O) groups excluding carboxylic acids is 1. The van der Waals surface area contributed by atoms with E-state index in [2.05, 4.69) is 23.6 Å². The van der Waals surface area contributed by atoms with E-state index in [9.17, 15) is 13.2 Å². The molecule has 2 N–H and O–H groups in total. The van der Waals surface area contributed by atoms with Crippen LogP contribution in [0.1, 0.15) is 35.9 Å². The number of hydrogen-bond donors (Lipinski definition) is 2. The third-order valence-electron chi connectivity index (χ3n) is 4.78. The zero-order valence-corrected chi connectivity index (χ0v) is 16.1. The largest absolute Gasteiger partial charge is 0.348 e. The molecule has 0 bridgehead atoms. The van der Waals surface area contributed by atoms with Crippen LogP contribution in [0.25, 0.3) is 0 Å². The van der Waals surface area contributed by atoms with Gasteiger partial charge >= 0.3 is 0 Å². The molecule has 0 spiro atoms. The molecule has 0 aromatic carbocycles. The van der Waals surface area contributed by atoms with E-state index in [1.807, 2.05) is 0 Å². The third kappa shape index (κ3) is 4.49. The highest BCUT2D eigenvalue weighted by atomic mass is 32.2. The van der Waals surface area contributed by atoms with Crippen LogP contribution in [0.3, 0.4) is 0 Å². The van der Waals surface area contributed by atoms with Crippen molar-refractivity contribution in [3.05, 3.63) is 28.7 Å². The number of amides is 1. The molecular formula is C17H25N3O3S2. The van der Waals surface area contributed by atoms with Gasteiger partial charge in [0.2, 0.25) is 0 Å². The topological polar surface area (TPSA) is 78.5 Å². The number of thiophene rings is 1. The molecule has 0 radical (unpaired) electrons. The summed E-state index contributed by atoms with van der Waals surface area (Å²) in [6, 6.07) is 3.16. The van der Waals surface area contributed by atoms with Crippen molar-refractivity contribution in [3.8, 4) is 0 Å². The highest BCUT2D eigenvalue weighted by Crippen LogP contribution is 2.28. The Hall–Kier alpha value is -1.22. The summed E-state index contributed by atoms with van der Waals surface area (Å²) in [6.45, 7) is 5.55. The van der Waals surface area contributed by atoms with Crippen LogP contribution < -0.4 is 10.6 Å². The molecule has 25 heavy (non-hydrogen) atoms. The molecule has 6 nitrogen and oxygen atoms in total. The molecule has 0 atom stereocenters. The number of carbonyl (C=O) groups is 1. The number of sulfonamides is 1. The predicted octanol–water partition coefficient (Wildman–Crippen LogP) is 1.82. The van der Waals surface area contributed by atoms with Crippen molar-refractivity contribution in [2.24, 2.45) is 5.92 Å². The van der Waals surface area contributed by atoms with Crippen molar-refractivity contribution in [2.45, 2.75) is 30.4 Å². The molecule has 8 heteroatoms. The Bertz CT molecular complexity index is 747. The highest BCUT2D eigenvalue weighted by Gasteiger charge is 2.29. The molecule has 138 valence electrons. The van der Waals surface area contributed by atoms with E-state index < -0.39 is 10.0 Å². The van der Waals surface area contributed by atoms with Gasteiger partial charge in [0.05, 0.1) is 4.88 Å². The van der Waals surface area contributed by atoms with Crippen LogP contribution in [0.4, 0.5) is 0 Å². The second-order valence-corrected chi connectivity index (χ2v) is 9.95. The van der Waals surface area contributed by atoms with Crippen LogP contribution in [0.5, 0.6) is 0 Å². The van der Waals surface area contributed by atoms with Crippen molar-refractivity contribution in [3.63, 3.8) is 0 Å². The molecule has 1 saturated heterocycles. The molecule has 1 aromatic heterocycles. The fourth-order valence-corrected chi connectivity index (χ4v) is 5.89. The van der Waals surface area contributed by atoms with Crippen LogP contribution in [0.2, 0.25) is 0 Å². The maximum atomic E-state index is 12.7. The minimum absolute atomic E-state index is 0.210. The van der Waals surface area contributed by atoms with E-state index in [4.69, 9.17) is 0 Å². The summed E-state index contributed by atoms with van der Waals surface area (Å²) in [5, 5.41) is 6.12. The smallest absolute Gasteiger partial charge is 0.261 e. The second kappa shape index (κ2) is 7.99. The van der Waals surface area contributed by atoms with Crippen molar-refractivity contribution in [2.75, 3.05) is 32.7 Å². The maximum absolute atomic E-state index is 12.7. The minimum Gasteiger partial charge on any atom is -0.348 e. The summed E-state index contributed by atoms with van der Waals surface area (Å²) in [4.78, 5) is 12.7. The maximum Gasteiger partial charge on any atom is 0.261 e. The van der Waals surface area contributed by atoms with Crippen molar-refractivity contribution in [1.82, 2.24) is 14.9 Å². The molecule has 3 heterocycles. The van der Waals surface area contributed by atoms with Crippen LogP contribution in [-0.4, -0.2) is 51.4 Å². The minimum atomic E-state index is -3.48. The SMILES string of the molecule is CC1CCN(S(=O)(=O)c2ccc(C(=O)NCC3=CCNCC3)s2)CC1. The number of rotatable bonds is 5. The fourth-order valence-electron chi connectivity index (χ4n) is 3.04. The number of nitrogens with one attached hydrogen (secondary N) is 2. The molecule has 0 unspecified atom stereocenters. The van der Waals surface area contributed by atoms with Gasteiger partial charge in [0.25, 0.3) is 15.9 Å². The summed E-state index contributed by atoms with van der Waals surface area (Å²) in [5.41, 5.74) is 1.21. The Morgan fingerprint density at radius 2 is 2.12 bits per heavy atom. The monoisotopic (exact) mass is 383 g/mol. The Labute approximate surface area is 153 Å². The van der Waals surface area contributed by atoms with Gasteiger partial charge in [-0.1, -0.05) is 18.6 Å². The van der Waals surface area contributed by atoms with E-state index in [-0.39, 0.29) is 10.1 Å². The van der Waals surface area contributed by atoms with Crippen LogP contribution in [-0.2, 0) is 10.0 Å². The van der Waals surface area contributed by atoms with Gasteiger partial charge in [-0.05, 0) is 43.9 Å². The van der Waals surface area contributed by atoms with Gasteiger partial charge in [0.1, 0.15) is 4.21 Å². The molecule has 0 aliphatic carbocycles. The van der Waals surface area contributed by atoms with E-state index in [0.717, 1.165) is 43.7 Å². The first kappa shape index (κ1) is 18.6. The highest BCUT2D eigenvalue weighted by molar-refractivity contribution is 7.91. The molecule has 2 aliphatic heterocycles. The summed E-state index contributed by atoms with van der Waals surface area (Å²) in [5.74, 6) is 0.360. The summed E-state index contributed by atoms with van der Waals surface area (Å²) < 4.78 is 27.2. The second-order valence-electron chi connectivity index (χ2n) is 6.70. The average molecular weight is 384 g/mol. The molecule has 3 rings (SSSR count). The van der Waals surface area contributed by atoms with E-state index in [0.29, 0.717) is 30.4 Å². The predicted molar refractivity (Wildman–Crippen MR) is 99.4 cm³/mol. The Morgan fingerprint density at radius 1 is 1.36 bits per heavy atom. The molecule has 2 aliphatic rings. The van der Waals surface area contributed by atoms with Gasteiger partial charge in [-0.3, -0.25) is 4.79 Å². The fraction of sp³-hybridized carbons (Fsp3) is 0.588. The number of nitrogens with zero attached hydrogens (tertiary/aromatic N) is 1. The Kier molecular flexibility index (Phi) is 5.93. The third-order valence-corrected chi connectivity index (χ3v) is 8.23. The summed E-state index contributed by atoms with van der Waals surface area (Å²) in [7, 11) is -3.48. The lowest BCUT2D eigenvalue weighted by atomic mass is 10.0. The van der Waals surface area contributed by atoms with E-state index in [1.54, 1.807) is 16.4 Å². The summed E-state index contributed by atoms with van der Waals surface area (Å²) in [6.07, 6.45) is 4.80. The van der Waals surface area contributed by atoms with Gasteiger partial charge in [-0.25, -0.2) is 8.42 Å². The number of piperidine rings is 1. The van der Waals surface area contributed by atoms with Crippen molar-refractivity contribution in [1.29, 1.82) is 0 Å². The van der Waals surface area contributed by atoms with Gasteiger partial charge in [0.15, 0.2) is 0 Å². The first-order valence-corrected chi connectivity index (χ1v) is 11.0. The van der Waals surface area contributed by atoms with Crippen molar-refractivity contribution < 1.29 is 13.2 Å². The molecule has 0 saturated carbocycles. The lowest BCUT2D eigenvalue weighted by molar-refractivity contribution is 0.0960. The van der Waals surface area contributed by atoms with Gasteiger partial charge in [-0.15, -0.1) is 11.3 Å². The first-order valence-electron chi connectivity index (χ1n) is 8.73. The lowest BCUT2D eigenvalue weighted by Crippen LogP contribution is -2.37. The van der Waals surface area contributed by atoms with Crippen LogP contribution in [0.15, 0.2) is 28.0 Å². The van der Waals surface area contributed by atoms with Gasteiger partial charge in [-0.2, -0.15) is 4.31 Å². The van der Waals surface area contributed by atoms with E-state index in [1.165, 1.54) is 5.57 Å². The molecular weight excluding hydrogens is 358 g/mol. The molecule has 1 fully saturated rings. The van der Waals surface area contributed by atoms with Gasteiger partial charge in [0, 0.05) is 26.2 Å². The zero-order chi connectivity index (χ0) is 17.9. The van der Waals surface area contributed by atoms with Gasteiger partial charge < -0.3 is 10.6 Å². The first-order chi connectivity index (χ1) is 12.0. The Morgan fingerprint density at radius 3 is 2.80 bits per heavy atom. The molecule has 1 aromatic rings. The van der Waals surface area contributed by atoms with Crippen LogP contribution >= 0.6 is 11.3 Å². The number of hydrogen-bond acceptors (Lipinski definition) is 5. The quantitative estimate of drug-likeness (QED) is 0.760.